The van der Waals surface area contributed by atoms with E-state index in [0.717, 1.165) is 23.7 Å². The number of benzene rings is 1. The number of nitrogens with zero attached hydrogens (tertiary/aromatic N) is 2. The van der Waals surface area contributed by atoms with Crippen molar-refractivity contribution in [1.29, 1.82) is 5.26 Å². The zero-order valence-electron chi connectivity index (χ0n) is 9.80. The van der Waals surface area contributed by atoms with E-state index < -0.39 is 0 Å². The smallest absolute Gasteiger partial charge is 0.128 e. The van der Waals surface area contributed by atoms with Gasteiger partial charge < -0.3 is 10.4 Å². The molecule has 1 aromatic carbocycles. The van der Waals surface area contributed by atoms with Crippen LogP contribution in [-0.2, 0) is 0 Å². The van der Waals surface area contributed by atoms with Crippen molar-refractivity contribution in [2.75, 3.05) is 5.32 Å². The lowest BCUT2D eigenvalue weighted by Crippen LogP contribution is -2.39. The predicted molar refractivity (Wildman–Crippen MR) is 69.1 cm³/mol. The second-order valence-electron chi connectivity index (χ2n) is 4.65. The SMILES string of the molecule is N#Cc1cc(NC2CC(O)C2)nc2ccccc12. The maximum atomic E-state index is 9.26. The summed E-state index contributed by atoms with van der Waals surface area (Å²) in [6.07, 6.45) is 1.30. The van der Waals surface area contributed by atoms with E-state index >= 15 is 0 Å². The summed E-state index contributed by atoms with van der Waals surface area (Å²) in [4.78, 5) is 4.49. The first kappa shape index (κ1) is 11.0. The van der Waals surface area contributed by atoms with Crippen LogP contribution in [0, 0.1) is 11.3 Å². The van der Waals surface area contributed by atoms with Gasteiger partial charge in [-0.2, -0.15) is 5.26 Å². The van der Waals surface area contributed by atoms with E-state index in [2.05, 4.69) is 16.4 Å². The number of rotatable bonds is 2. The number of aliphatic hydroxyl groups excluding tert-OH is 1. The van der Waals surface area contributed by atoms with Gasteiger partial charge in [0.2, 0.25) is 0 Å². The summed E-state index contributed by atoms with van der Waals surface area (Å²) in [5, 5.41) is 22.5. The first-order valence-electron chi connectivity index (χ1n) is 6.01. The quantitative estimate of drug-likeness (QED) is 0.841. The minimum absolute atomic E-state index is 0.196. The van der Waals surface area contributed by atoms with Gasteiger partial charge in [-0.15, -0.1) is 0 Å². The van der Waals surface area contributed by atoms with Crippen LogP contribution < -0.4 is 5.32 Å². The van der Waals surface area contributed by atoms with Crippen molar-refractivity contribution in [3.63, 3.8) is 0 Å². The lowest BCUT2D eigenvalue weighted by atomic mass is 9.89. The standard InChI is InChI=1S/C14H13N3O/c15-8-9-5-14(16-10-6-11(18)7-10)17-13-4-2-1-3-12(9)13/h1-5,10-11,18H,6-7H2,(H,16,17). The van der Waals surface area contributed by atoms with E-state index in [0.29, 0.717) is 11.4 Å². The molecule has 0 unspecified atom stereocenters. The van der Waals surface area contributed by atoms with Crippen LogP contribution in [0.4, 0.5) is 5.82 Å². The van der Waals surface area contributed by atoms with E-state index in [4.69, 9.17) is 5.26 Å². The van der Waals surface area contributed by atoms with E-state index in [1.54, 1.807) is 6.07 Å². The molecule has 18 heavy (non-hydrogen) atoms. The average molecular weight is 239 g/mol. The van der Waals surface area contributed by atoms with Crippen LogP contribution >= 0.6 is 0 Å². The first-order valence-corrected chi connectivity index (χ1v) is 6.01. The lowest BCUT2D eigenvalue weighted by molar-refractivity contribution is 0.0835. The predicted octanol–water partition coefficient (Wildman–Crippen LogP) is 2.04. The fraction of sp³-hybridized carbons (Fsp3) is 0.286. The Balaban J connectivity index is 1.96. The zero-order chi connectivity index (χ0) is 12.5. The van der Waals surface area contributed by atoms with E-state index in [9.17, 15) is 5.11 Å². The molecule has 0 radical (unpaired) electrons. The Morgan fingerprint density at radius 2 is 2.11 bits per heavy atom. The Labute approximate surface area is 105 Å². The molecule has 90 valence electrons. The molecule has 3 rings (SSSR count). The van der Waals surface area contributed by atoms with Gasteiger partial charge in [0.05, 0.1) is 23.3 Å². The molecule has 0 spiro atoms. The van der Waals surface area contributed by atoms with Gasteiger partial charge in [0.1, 0.15) is 5.82 Å². The van der Waals surface area contributed by atoms with Gasteiger partial charge in [0.15, 0.2) is 0 Å². The van der Waals surface area contributed by atoms with E-state index in [1.807, 2.05) is 24.3 Å². The third-order valence-electron chi connectivity index (χ3n) is 3.30. The summed E-state index contributed by atoms with van der Waals surface area (Å²) in [5.41, 5.74) is 1.45. The molecule has 1 aliphatic rings. The molecular formula is C14H13N3O. The largest absolute Gasteiger partial charge is 0.393 e. The van der Waals surface area contributed by atoms with Crippen LogP contribution in [0.25, 0.3) is 10.9 Å². The highest BCUT2D eigenvalue weighted by atomic mass is 16.3. The number of aliphatic hydroxyl groups is 1. The molecule has 0 saturated heterocycles. The number of para-hydroxylation sites is 1. The van der Waals surface area contributed by atoms with Crippen molar-refractivity contribution in [3.05, 3.63) is 35.9 Å². The Morgan fingerprint density at radius 3 is 2.83 bits per heavy atom. The van der Waals surface area contributed by atoms with E-state index in [-0.39, 0.29) is 12.1 Å². The van der Waals surface area contributed by atoms with Crippen molar-refractivity contribution in [2.45, 2.75) is 25.0 Å². The molecule has 1 heterocycles. The third kappa shape index (κ3) is 1.89. The maximum absolute atomic E-state index is 9.26. The zero-order valence-corrected chi connectivity index (χ0v) is 9.80. The fourth-order valence-corrected chi connectivity index (χ4v) is 2.26. The summed E-state index contributed by atoms with van der Waals surface area (Å²) in [6.45, 7) is 0. The van der Waals surface area contributed by atoms with Crippen molar-refractivity contribution < 1.29 is 5.11 Å². The van der Waals surface area contributed by atoms with Crippen molar-refractivity contribution in [1.82, 2.24) is 4.98 Å². The second-order valence-corrected chi connectivity index (χ2v) is 4.65. The highest BCUT2D eigenvalue weighted by Crippen LogP contribution is 2.25. The normalized spacial score (nSPS) is 22.2. The monoisotopic (exact) mass is 239 g/mol. The number of anilines is 1. The molecule has 4 heteroatoms. The number of pyridine rings is 1. The van der Waals surface area contributed by atoms with Gasteiger partial charge in [-0.3, -0.25) is 0 Å². The number of hydrogen-bond donors (Lipinski definition) is 2. The Bertz CT molecular complexity index is 626. The molecule has 1 aromatic heterocycles. The summed E-state index contributed by atoms with van der Waals surface area (Å²) < 4.78 is 0. The molecule has 1 saturated carbocycles. The van der Waals surface area contributed by atoms with Gasteiger partial charge in [-0.1, -0.05) is 18.2 Å². The van der Waals surface area contributed by atoms with E-state index in [1.165, 1.54) is 0 Å². The van der Waals surface area contributed by atoms with Gasteiger partial charge in [-0.05, 0) is 25.0 Å². The fourth-order valence-electron chi connectivity index (χ4n) is 2.26. The molecule has 0 amide bonds. The minimum Gasteiger partial charge on any atom is -0.393 e. The van der Waals surface area contributed by atoms with Crippen LogP contribution in [0.3, 0.4) is 0 Å². The summed E-state index contributed by atoms with van der Waals surface area (Å²) in [7, 11) is 0. The number of aromatic nitrogens is 1. The number of hydrogen-bond acceptors (Lipinski definition) is 4. The minimum atomic E-state index is -0.196. The average Bonchev–Trinajstić information content (AvgIpc) is 2.36. The topological polar surface area (TPSA) is 68.9 Å². The van der Waals surface area contributed by atoms with Crippen molar-refractivity contribution in [2.24, 2.45) is 0 Å². The molecule has 0 atom stereocenters. The Kier molecular flexibility index (Phi) is 2.62. The number of nitrogens with one attached hydrogen (secondary N) is 1. The number of nitriles is 1. The lowest BCUT2D eigenvalue weighted by Gasteiger charge is -2.32. The van der Waals surface area contributed by atoms with Crippen LogP contribution in [0.1, 0.15) is 18.4 Å². The molecule has 1 aliphatic carbocycles. The summed E-state index contributed by atoms with van der Waals surface area (Å²) in [5.74, 6) is 0.710. The molecule has 1 fully saturated rings. The highest BCUT2D eigenvalue weighted by molar-refractivity contribution is 5.86. The molecule has 2 aromatic rings. The Hall–Kier alpha value is -2.12. The maximum Gasteiger partial charge on any atom is 0.128 e. The molecule has 2 N–H and O–H groups in total. The first-order chi connectivity index (χ1) is 8.76. The summed E-state index contributed by atoms with van der Waals surface area (Å²) >= 11 is 0. The van der Waals surface area contributed by atoms with Crippen LogP contribution in [0.15, 0.2) is 30.3 Å². The number of fused-ring (bicyclic) bond motifs is 1. The van der Waals surface area contributed by atoms with Crippen LogP contribution in [0.2, 0.25) is 0 Å². The molecule has 0 aliphatic heterocycles. The molecular weight excluding hydrogens is 226 g/mol. The molecule has 4 nitrogen and oxygen atoms in total. The van der Waals surface area contributed by atoms with Crippen LogP contribution in [0.5, 0.6) is 0 Å². The highest BCUT2D eigenvalue weighted by Gasteiger charge is 2.27. The third-order valence-corrected chi connectivity index (χ3v) is 3.30. The van der Waals surface area contributed by atoms with Gasteiger partial charge >= 0.3 is 0 Å². The second kappa shape index (κ2) is 4.28. The van der Waals surface area contributed by atoms with Crippen molar-refractivity contribution >= 4 is 16.7 Å². The Morgan fingerprint density at radius 1 is 1.33 bits per heavy atom. The molecule has 0 bridgehead atoms. The van der Waals surface area contributed by atoms with Gasteiger partial charge in [-0.25, -0.2) is 4.98 Å². The van der Waals surface area contributed by atoms with Gasteiger partial charge in [0, 0.05) is 11.4 Å². The van der Waals surface area contributed by atoms with Crippen molar-refractivity contribution in [3.8, 4) is 6.07 Å². The summed E-state index contributed by atoms with van der Waals surface area (Å²) in [6, 6.07) is 11.8. The van der Waals surface area contributed by atoms with Crippen LogP contribution in [-0.4, -0.2) is 22.2 Å². The van der Waals surface area contributed by atoms with Gasteiger partial charge in [0.25, 0.3) is 0 Å².